The molecule has 1 atom stereocenters. The predicted octanol–water partition coefficient (Wildman–Crippen LogP) is 1.85. The Morgan fingerprint density at radius 3 is 3.12 bits per heavy atom. The summed E-state index contributed by atoms with van der Waals surface area (Å²) in [6.07, 6.45) is 0.958. The van der Waals surface area contributed by atoms with E-state index in [4.69, 9.17) is 26.2 Å². The Balaban J connectivity index is 2.00. The number of carboxylic acids is 1. The summed E-state index contributed by atoms with van der Waals surface area (Å²) in [5.41, 5.74) is -0.188. The molecule has 1 unspecified atom stereocenters. The molecular weight excluding hydrogens is 246 g/mol. The van der Waals surface area contributed by atoms with Gasteiger partial charge in [-0.1, -0.05) is 11.6 Å². The van der Waals surface area contributed by atoms with Crippen molar-refractivity contribution in [3.8, 4) is 5.88 Å². The fraction of sp³-hybridized carbons (Fsp3) is 0.455. The van der Waals surface area contributed by atoms with Crippen molar-refractivity contribution in [1.82, 2.24) is 4.98 Å². The lowest BCUT2D eigenvalue weighted by atomic mass is 10.1. The zero-order chi connectivity index (χ0) is 12.3. The molecule has 0 aromatic carbocycles. The number of halogens is 1. The van der Waals surface area contributed by atoms with Crippen molar-refractivity contribution in [3.05, 3.63) is 22.8 Å². The molecule has 0 aliphatic carbocycles. The van der Waals surface area contributed by atoms with E-state index in [9.17, 15) is 4.79 Å². The Hall–Kier alpha value is -1.33. The van der Waals surface area contributed by atoms with Crippen LogP contribution < -0.4 is 4.74 Å². The second kappa shape index (κ2) is 5.33. The second-order valence-electron chi connectivity index (χ2n) is 3.83. The van der Waals surface area contributed by atoms with Crippen LogP contribution in [0.1, 0.15) is 16.9 Å². The summed E-state index contributed by atoms with van der Waals surface area (Å²) in [7, 11) is 0. The van der Waals surface area contributed by atoms with Gasteiger partial charge in [0.05, 0.1) is 18.2 Å². The van der Waals surface area contributed by atoms with Crippen LogP contribution in [0.25, 0.3) is 0 Å². The summed E-state index contributed by atoms with van der Waals surface area (Å²) in [6, 6.07) is 3.03. The van der Waals surface area contributed by atoms with Gasteiger partial charge in [-0.2, -0.15) is 0 Å². The maximum absolute atomic E-state index is 10.8. The van der Waals surface area contributed by atoms with Gasteiger partial charge < -0.3 is 14.6 Å². The number of carbonyl (C=O) groups is 1. The average Bonchev–Trinajstić information content (AvgIpc) is 2.80. The molecule has 0 spiro atoms. The molecule has 92 valence electrons. The zero-order valence-corrected chi connectivity index (χ0v) is 9.81. The lowest BCUT2D eigenvalue weighted by molar-refractivity contribution is 0.0689. The number of pyridine rings is 1. The molecule has 0 radical (unpaired) electrons. The molecule has 6 heteroatoms. The van der Waals surface area contributed by atoms with Gasteiger partial charge in [0.15, 0.2) is 5.69 Å². The van der Waals surface area contributed by atoms with Crippen molar-refractivity contribution >= 4 is 17.6 Å². The number of nitrogens with zero attached hydrogens (tertiary/aromatic N) is 1. The van der Waals surface area contributed by atoms with Crippen LogP contribution in [-0.2, 0) is 4.74 Å². The first-order valence-corrected chi connectivity index (χ1v) is 5.65. The third kappa shape index (κ3) is 3.08. The van der Waals surface area contributed by atoms with Crippen LogP contribution in [0.15, 0.2) is 12.1 Å². The maximum Gasteiger partial charge on any atom is 0.356 e. The van der Waals surface area contributed by atoms with Gasteiger partial charge in [0.1, 0.15) is 0 Å². The molecule has 2 heterocycles. The number of hydrogen-bond acceptors (Lipinski definition) is 4. The fourth-order valence-electron chi connectivity index (χ4n) is 1.57. The van der Waals surface area contributed by atoms with E-state index in [2.05, 4.69) is 4.98 Å². The van der Waals surface area contributed by atoms with Gasteiger partial charge in [0.2, 0.25) is 5.88 Å². The third-order valence-corrected chi connectivity index (χ3v) is 2.82. The zero-order valence-electron chi connectivity index (χ0n) is 9.06. The number of rotatable bonds is 4. The van der Waals surface area contributed by atoms with E-state index in [1.54, 1.807) is 6.07 Å². The van der Waals surface area contributed by atoms with E-state index in [0.29, 0.717) is 19.1 Å². The lowest BCUT2D eigenvalue weighted by Crippen LogP contribution is -2.13. The van der Waals surface area contributed by atoms with Crippen LogP contribution in [0, 0.1) is 5.92 Å². The van der Waals surface area contributed by atoms with Crippen molar-refractivity contribution in [3.63, 3.8) is 0 Å². The molecular formula is C11H12ClNO4. The number of aromatic carboxylic acids is 1. The number of ether oxygens (including phenoxy) is 2. The van der Waals surface area contributed by atoms with Gasteiger partial charge in [-0.15, -0.1) is 0 Å². The highest BCUT2D eigenvalue weighted by Crippen LogP contribution is 2.19. The van der Waals surface area contributed by atoms with Gasteiger partial charge in [0, 0.05) is 18.6 Å². The average molecular weight is 258 g/mol. The van der Waals surface area contributed by atoms with Crippen molar-refractivity contribution < 1.29 is 19.4 Å². The van der Waals surface area contributed by atoms with Crippen molar-refractivity contribution in [1.29, 1.82) is 0 Å². The minimum absolute atomic E-state index is 0.106. The molecule has 2 rings (SSSR count). The van der Waals surface area contributed by atoms with Crippen molar-refractivity contribution in [2.24, 2.45) is 5.92 Å². The number of carboxylic acid groups (broad SMARTS) is 1. The van der Waals surface area contributed by atoms with Crippen LogP contribution in [0.4, 0.5) is 0 Å². The summed E-state index contributed by atoms with van der Waals surface area (Å²) >= 11 is 5.70. The maximum atomic E-state index is 10.8. The first-order chi connectivity index (χ1) is 8.16. The first kappa shape index (κ1) is 12.1. The van der Waals surface area contributed by atoms with Gasteiger partial charge in [-0.25, -0.2) is 9.78 Å². The van der Waals surface area contributed by atoms with Crippen LogP contribution >= 0.6 is 11.6 Å². The minimum atomic E-state index is -1.16. The van der Waals surface area contributed by atoms with Crippen LogP contribution in [-0.4, -0.2) is 35.9 Å². The summed E-state index contributed by atoms with van der Waals surface area (Å²) in [6.45, 7) is 1.91. The van der Waals surface area contributed by atoms with E-state index in [1.807, 2.05) is 0 Å². The Morgan fingerprint density at radius 2 is 2.47 bits per heavy atom. The second-order valence-corrected chi connectivity index (χ2v) is 4.23. The quantitative estimate of drug-likeness (QED) is 0.891. The molecule has 1 aliphatic heterocycles. The molecule has 1 N–H and O–H groups in total. The molecule has 0 saturated carbocycles. The Bertz CT molecular complexity index is 418. The minimum Gasteiger partial charge on any atom is -0.477 e. The van der Waals surface area contributed by atoms with Crippen molar-refractivity contribution in [2.45, 2.75) is 6.42 Å². The first-order valence-electron chi connectivity index (χ1n) is 5.27. The van der Waals surface area contributed by atoms with Crippen LogP contribution in [0.3, 0.4) is 0 Å². The molecule has 0 amide bonds. The highest BCUT2D eigenvalue weighted by Gasteiger charge is 2.17. The Morgan fingerprint density at radius 1 is 1.65 bits per heavy atom. The molecule has 1 aromatic heterocycles. The van der Waals surface area contributed by atoms with Gasteiger partial charge >= 0.3 is 5.97 Å². The molecule has 1 saturated heterocycles. The number of aromatic nitrogens is 1. The molecule has 5 nitrogen and oxygen atoms in total. The van der Waals surface area contributed by atoms with Crippen LogP contribution in [0.2, 0.25) is 5.02 Å². The molecule has 0 bridgehead atoms. The van der Waals surface area contributed by atoms with Crippen molar-refractivity contribution in [2.75, 3.05) is 19.8 Å². The normalized spacial score (nSPS) is 19.2. The van der Waals surface area contributed by atoms with Gasteiger partial charge in [0.25, 0.3) is 0 Å². The molecule has 17 heavy (non-hydrogen) atoms. The lowest BCUT2D eigenvalue weighted by Gasteiger charge is -2.10. The molecule has 1 fully saturated rings. The molecule has 1 aliphatic rings. The Labute approximate surface area is 103 Å². The van der Waals surface area contributed by atoms with E-state index < -0.39 is 5.97 Å². The largest absolute Gasteiger partial charge is 0.477 e. The van der Waals surface area contributed by atoms with E-state index in [1.165, 1.54) is 6.07 Å². The predicted molar refractivity (Wildman–Crippen MR) is 60.6 cm³/mol. The van der Waals surface area contributed by atoms with Crippen LogP contribution in [0.5, 0.6) is 5.88 Å². The fourth-order valence-corrected chi connectivity index (χ4v) is 1.76. The highest BCUT2D eigenvalue weighted by atomic mass is 35.5. The smallest absolute Gasteiger partial charge is 0.356 e. The third-order valence-electron chi connectivity index (χ3n) is 2.51. The van der Waals surface area contributed by atoms with Gasteiger partial charge in [-0.3, -0.25) is 0 Å². The standard InChI is InChI=1S/C11H12ClNO4/c12-8-1-2-9(13-10(8)11(14)15)17-6-7-3-4-16-5-7/h1-2,7H,3-6H2,(H,14,15). The number of hydrogen-bond donors (Lipinski definition) is 1. The summed E-state index contributed by atoms with van der Waals surface area (Å²) in [4.78, 5) is 14.7. The molecule has 1 aromatic rings. The SMILES string of the molecule is O=C(O)c1nc(OCC2CCOC2)ccc1Cl. The summed E-state index contributed by atoms with van der Waals surface area (Å²) < 4.78 is 10.6. The topological polar surface area (TPSA) is 68.7 Å². The highest BCUT2D eigenvalue weighted by molar-refractivity contribution is 6.33. The van der Waals surface area contributed by atoms with E-state index in [-0.39, 0.29) is 16.6 Å². The van der Waals surface area contributed by atoms with Gasteiger partial charge in [-0.05, 0) is 12.5 Å². The van der Waals surface area contributed by atoms with E-state index in [0.717, 1.165) is 13.0 Å². The Kier molecular flexibility index (Phi) is 3.81. The van der Waals surface area contributed by atoms with E-state index >= 15 is 0 Å². The summed E-state index contributed by atoms with van der Waals surface area (Å²) in [5.74, 6) is -0.538. The monoisotopic (exact) mass is 257 g/mol. The summed E-state index contributed by atoms with van der Waals surface area (Å²) in [5, 5.41) is 8.95.